The van der Waals surface area contributed by atoms with E-state index in [4.69, 9.17) is 12.2 Å². The molecule has 0 unspecified atom stereocenters. The number of H-pyrrole nitrogens is 1. The molecule has 1 aromatic carbocycles. The van der Waals surface area contributed by atoms with E-state index < -0.39 is 0 Å². The van der Waals surface area contributed by atoms with E-state index in [0.717, 1.165) is 29.4 Å². The number of rotatable bonds is 4. The van der Waals surface area contributed by atoms with Crippen LogP contribution in [-0.2, 0) is 6.42 Å². The number of benzene rings is 1. The maximum Gasteiger partial charge on any atom is 0.166 e. The molecule has 3 nitrogen and oxygen atoms in total. The lowest BCUT2D eigenvalue weighted by Gasteiger charge is -2.08. The Morgan fingerprint density at radius 2 is 2.26 bits per heavy atom. The predicted octanol–water partition coefficient (Wildman–Crippen LogP) is 2.48. The Morgan fingerprint density at radius 1 is 1.42 bits per heavy atom. The van der Waals surface area contributed by atoms with Crippen LogP contribution < -0.4 is 10.6 Å². The Balaban J connectivity index is 1.58. The topological polar surface area (TPSA) is 39.9 Å². The molecule has 2 aromatic rings. The van der Waals surface area contributed by atoms with Crippen LogP contribution in [0.15, 0.2) is 24.4 Å². The molecule has 100 valence electrons. The average molecular weight is 277 g/mol. The van der Waals surface area contributed by atoms with Gasteiger partial charge in [-0.2, -0.15) is 0 Å². The quantitative estimate of drug-likeness (QED) is 0.752. The van der Waals surface area contributed by atoms with Crippen molar-refractivity contribution in [2.45, 2.75) is 25.3 Å². The molecule has 1 saturated carbocycles. The highest BCUT2D eigenvalue weighted by Crippen LogP contribution is 2.20. The Labute approximate surface area is 116 Å². The summed E-state index contributed by atoms with van der Waals surface area (Å²) in [5, 5.41) is 8.08. The van der Waals surface area contributed by atoms with E-state index in [-0.39, 0.29) is 5.82 Å². The van der Waals surface area contributed by atoms with Crippen LogP contribution in [0.2, 0.25) is 0 Å². The Morgan fingerprint density at radius 3 is 3.05 bits per heavy atom. The van der Waals surface area contributed by atoms with Gasteiger partial charge in [-0.1, -0.05) is 0 Å². The van der Waals surface area contributed by atoms with Crippen molar-refractivity contribution < 1.29 is 4.39 Å². The maximum absolute atomic E-state index is 13.2. The van der Waals surface area contributed by atoms with E-state index >= 15 is 0 Å². The zero-order chi connectivity index (χ0) is 13.2. The van der Waals surface area contributed by atoms with E-state index in [0.29, 0.717) is 11.2 Å². The summed E-state index contributed by atoms with van der Waals surface area (Å²) in [5.74, 6) is -0.202. The lowest BCUT2D eigenvalue weighted by Crippen LogP contribution is -2.37. The third-order valence-electron chi connectivity index (χ3n) is 3.32. The summed E-state index contributed by atoms with van der Waals surface area (Å²) >= 11 is 5.19. The standard InChI is InChI=1S/C14H16FN3S/c15-10-1-4-13-12(7-10)9(8-17-13)5-6-16-14(19)18-11-2-3-11/h1,4,7-8,11,17H,2-3,5-6H2,(H2,16,18,19). The molecule has 19 heavy (non-hydrogen) atoms. The molecule has 0 atom stereocenters. The van der Waals surface area contributed by atoms with E-state index in [1.807, 2.05) is 6.20 Å². The SMILES string of the molecule is Fc1ccc2[nH]cc(CCNC(=S)NC3CC3)c2c1. The van der Waals surface area contributed by atoms with Gasteiger partial charge in [0.2, 0.25) is 0 Å². The largest absolute Gasteiger partial charge is 0.362 e. The first-order valence-electron chi connectivity index (χ1n) is 6.52. The Hall–Kier alpha value is -1.62. The van der Waals surface area contributed by atoms with Gasteiger partial charge < -0.3 is 15.6 Å². The molecule has 0 saturated heterocycles. The van der Waals surface area contributed by atoms with Crippen molar-refractivity contribution in [2.24, 2.45) is 0 Å². The number of aromatic amines is 1. The molecule has 0 amide bonds. The van der Waals surface area contributed by atoms with Gasteiger partial charge in [0.15, 0.2) is 5.11 Å². The van der Waals surface area contributed by atoms with Crippen LogP contribution in [0.25, 0.3) is 10.9 Å². The van der Waals surface area contributed by atoms with Crippen molar-refractivity contribution in [1.29, 1.82) is 0 Å². The van der Waals surface area contributed by atoms with Crippen molar-refractivity contribution in [3.63, 3.8) is 0 Å². The number of hydrogen-bond acceptors (Lipinski definition) is 1. The van der Waals surface area contributed by atoms with Crippen LogP contribution in [0.3, 0.4) is 0 Å². The van der Waals surface area contributed by atoms with Gasteiger partial charge >= 0.3 is 0 Å². The monoisotopic (exact) mass is 277 g/mol. The summed E-state index contributed by atoms with van der Waals surface area (Å²) in [6.07, 6.45) is 5.17. The van der Waals surface area contributed by atoms with Crippen LogP contribution in [-0.4, -0.2) is 22.7 Å². The van der Waals surface area contributed by atoms with Crippen LogP contribution >= 0.6 is 12.2 Å². The maximum atomic E-state index is 13.2. The van der Waals surface area contributed by atoms with Crippen LogP contribution in [0, 0.1) is 5.82 Å². The number of thiocarbonyl (C=S) groups is 1. The first kappa shape index (κ1) is 12.4. The first-order valence-corrected chi connectivity index (χ1v) is 6.93. The number of aromatic nitrogens is 1. The highest BCUT2D eigenvalue weighted by atomic mass is 32.1. The van der Waals surface area contributed by atoms with Crippen LogP contribution in [0.1, 0.15) is 18.4 Å². The zero-order valence-electron chi connectivity index (χ0n) is 10.5. The van der Waals surface area contributed by atoms with Crippen molar-refractivity contribution in [1.82, 2.24) is 15.6 Å². The fourth-order valence-corrected chi connectivity index (χ4v) is 2.40. The second-order valence-electron chi connectivity index (χ2n) is 4.93. The van der Waals surface area contributed by atoms with Gasteiger partial charge in [0.1, 0.15) is 5.82 Å². The molecule has 0 spiro atoms. The van der Waals surface area contributed by atoms with Gasteiger partial charge in [-0.25, -0.2) is 4.39 Å². The van der Waals surface area contributed by atoms with Crippen molar-refractivity contribution in [2.75, 3.05) is 6.54 Å². The summed E-state index contributed by atoms with van der Waals surface area (Å²) < 4.78 is 13.2. The minimum absolute atomic E-state index is 0.202. The predicted molar refractivity (Wildman–Crippen MR) is 78.7 cm³/mol. The van der Waals surface area contributed by atoms with E-state index in [9.17, 15) is 4.39 Å². The smallest absolute Gasteiger partial charge is 0.166 e. The van der Waals surface area contributed by atoms with Gasteiger partial charge in [-0.05, 0) is 55.2 Å². The van der Waals surface area contributed by atoms with Gasteiger partial charge in [-0.15, -0.1) is 0 Å². The number of nitrogens with one attached hydrogen (secondary N) is 3. The van der Waals surface area contributed by atoms with E-state index in [1.165, 1.54) is 18.9 Å². The minimum Gasteiger partial charge on any atom is -0.362 e. The third kappa shape index (κ3) is 3.04. The highest BCUT2D eigenvalue weighted by Gasteiger charge is 2.21. The van der Waals surface area contributed by atoms with E-state index in [2.05, 4.69) is 15.6 Å². The molecule has 0 aliphatic heterocycles. The van der Waals surface area contributed by atoms with Crippen molar-refractivity contribution >= 4 is 28.2 Å². The fraction of sp³-hybridized carbons (Fsp3) is 0.357. The number of hydrogen-bond donors (Lipinski definition) is 3. The Bertz CT molecular complexity index is 604. The second kappa shape index (κ2) is 5.17. The van der Waals surface area contributed by atoms with Gasteiger partial charge in [0.25, 0.3) is 0 Å². The zero-order valence-corrected chi connectivity index (χ0v) is 11.3. The molecule has 5 heteroatoms. The lowest BCUT2D eigenvalue weighted by molar-refractivity contribution is 0.629. The summed E-state index contributed by atoms with van der Waals surface area (Å²) in [5.41, 5.74) is 2.08. The average Bonchev–Trinajstić information content (AvgIpc) is 3.10. The van der Waals surface area contributed by atoms with Gasteiger partial charge in [0, 0.05) is 29.7 Å². The highest BCUT2D eigenvalue weighted by molar-refractivity contribution is 7.80. The second-order valence-corrected chi connectivity index (χ2v) is 5.34. The third-order valence-corrected chi connectivity index (χ3v) is 3.58. The molecule has 3 rings (SSSR count). The van der Waals surface area contributed by atoms with Gasteiger partial charge in [0.05, 0.1) is 0 Å². The molecule has 1 aliphatic carbocycles. The normalized spacial score (nSPS) is 14.6. The summed E-state index contributed by atoms with van der Waals surface area (Å²) in [4.78, 5) is 3.15. The molecular weight excluding hydrogens is 261 g/mol. The summed E-state index contributed by atoms with van der Waals surface area (Å²) in [6.45, 7) is 0.752. The number of fused-ring (bicyclic) bond motifs is 1. The molecular formula is C14H16FN3S. The van der Waals surface area contributed by atoms with Crippen molar-refractivity contribution in [3.05, 3.63) is 35.8 Å². The molecule has 1 aromatic heterocycles. The van der Waals surface area contributed by atoms with E-state index in [1.54, 1.807) is 12.1 Å². The first-order chi connectivity index (χ1) is 9.22. The minimum atomic E-state index is -0.202. The summed E-state index contributed by atoms with van der Waals surface area (Å²) in [7, 11) is 0. The summed E-state index contributed by atoms with van der Waals surface area (Å²) in [6, 6.07) is 5.38. The molecule has 0 bridgehead atoms. The molecule has 1 aliphatic rings. The van der Waals surface area contributed by atoms with Crippen LogP contribution in [0.4, 0.5) is 4.39 Å². The van der Waals surface area contributed by atoms with Crippen molar-refractivity contribution in [3.8, 4) is 0 Å². The fourth-order valence-electron chi connectivity index (χ4n) is 2.13. The number of halogens is 1. The Kier molecular flexibility index (Phi) is 3.38. The van der Waals surface area contributed by atoms with Crippen LogP contribution in [0.5, 0.6) is 0 Å². The van der Waals surface area contributed by atoms with Gasteiger partial charge in [-0.3, -0.25) is 0 Å². The molecule has 1 fully saturated rings. The molecule has 0 radical (unpaired) electrons. The molecule has 3 N–H and O–H groups in total. The molecule has 1 heterocycles. The lowest BCUT2D eigenvalue weighted by atomic mass is 10.1.